The van der Waals surface area contributed by atoms with E-state index in [0.717, 1.165) is 50.4 Å². The predicted molar refractivity (Wildman–Crippen MR) is 95.7 cm³/mol. The van der Waals surface area contributed by atoms with E-state index in [1.54, 1.807) is 0 Å². The molecule has 1 saturated heterocycles. The summed E-state index contributed by atoms with van der Waals surface area (Å²) in [5.41, 5.74) is 2.33. The maximum Gasteiger partial charge on any atom is 0.238 e. The maximum atomic E-state index is 13.6. The Balaban J connectivity index is 1.45. The summed E-state index contributed by atoms with van der Waals surface area (Å²) >= 11 is 0. The molecule has 1 aliphatic heterocycles. The van der Waals surface area contributed by atoms with Crippen LogP contribution in [0.3, 0.4) is 0 Å². The normalized spacial score (nSPS) is 15.8. The smallest absolute Gasteiger partial charge is 0.238 e. The fourth-order valence-electron chi connectivity index (χ4n) is 3.05. The first kappa shape index (κ1) is 18.4. The minimum Gasteiger partial charge on any atom is -0.322 e. The van der Waals surface area contributed by atoms with Crippen LogP contribution in [-0.2, 0) is 11.3 Å². The highest BCUT2D eigenvalue weighted by molar-refractivity contribution is 5.92. The average molecular weight is 360 g/mol. The number of benzene rings is 1. The lowest BCUT2D eigenvalue weighted by molar-refractivity contribution is -0.117. The van der Waals surface area contributed by atoms with E-state index < -0.39 is 11.6 Å². The van der Waals surface area contributed by atoms with Gasteiger partial charge in [0.05, 0.1) is 12.2 Å². The first-order valence-corrected chi connectivity index (χ1v) is 8.60. The highest BCUT2D eigenvalue weighted by Gasteiger charge is 2.19. The fourth-order valence-corrected chi connectivity index (χ4v) is 3.05. The zero-order valence-corrected chi connectivity index (χ0v) is 14.7. The van der Waals surface area contributed by atoms with Crippen molar-refractivity contribution in [2.45, 2.75) is 13.5 Å². The van der Waals surface area contributed by atoms with Gasteiger partial charge in [0.2, 0.25) is 5.91 Å². The number of aryl methyl sites for hydroxylation is 1. The molecule has 0 aliphatic carbocycles. The Bertz CT molecular complexity index is 776. The molecule has 0 unspecified atom stereocenters. The van der Waals surface area contributed by atoms with Gasteiger partial charge in [-0.1, -0.05) is 6.07 Å². The molecular weight excluding hydrogens is 338 g/mol. The molecule has 1 N–H and O–H groups in total. The summed E-state index contributed by atoms with van der Waals surface area (Å²) in [7, 11) is 0. The lowest BCUT2D eigenvalue weighted by Gasteiger charge is -2.34. The Labute approximate surface area is 151 Å². The predicted octanol–water partition coefficient (Wildman–Crippen LogP) is 2.42. The zero-order chi connectivity index (χ0) is 18.5. The van der Waals surface area contributed by atoms with E-state index in [4.69, 9.17) is 0 Å². The average Bonchev–Trinajstić information content (AvgIpc) is 2.59. The first-order chi connectivity index (χ1) is 12.5. The van der Waals surface area contributed by atoms with Crippen LogP contribution in [0.1, 0.15) is 11.1 Å². The number of nitrogens with zero attached hydrogens (tertiary/aromatic N) is 3. The van der Waals surface area contributed by atoms with Crippen molar-refractivity contribution in [3.8, 4) is 0 Å². The Morgan fingerprint density at radius 2 is 1.85 bits per heavy atom. The molecule has 5 nitrogen and oxygen atoms in total. The Morgan fingerprint density at radius 3 is 2.54 bits per heavy atom. The summed E-state index contributed by atoms with van der Waals surface area (Å²) in [6, 6.07) is 5.24. The molecule has 1 fully saturated rings. The molecule has 1 amide bonds. The minimum absolute atomic E-state index is 0.00184. The second kappa shape index (κ2) is 8.33. The summed E-state index contributed by atoms with van der Waals surface area (Å²) in [6.07, 6.45) is 3.72. The number of halogens is 2. The van der Waals surface area contributed by atoms with Gasteiger partial charge in [0.15, 0.2) is 0 Å². The number of pyridine rings is 1. The van der Waals surface area contributed by atoms with Crippen molar-refractivity contribution in [2.24, 2.45) is 0 Å². The second-order valence-electron chi connectivity index (χ2n) is 6.60. The minimum atomic E-state index is -0.769. The molecule has 1 aromatic heterocycles. The Kier molecular flexibility index (Phi) is 5.90. The quantitative estimate of drug-likeness (QED) is 0.890. The molecule has 2 aromatic rings. The number of piperazine rings is 1. The molecule has 0 radical (unpaired) electrons. The molecule has 138 valence electrons. The van der Waals surface area contributed by atoms with Crippen molar-refractivity contribution in [3.05, 3.63) is 59.4 Å². The number of anilines is 1. The number of carbonyl (C=O) groups is 1. The van der Waals surface area contributed by atoms with Gasteiger partial charge in [-0.15, -0.1) is 0 Å². The van der Waals surface area contributed by atoms with Gasteiger partial charge in [0, 0.05) is 51.2 Å². The van der Waals surface area contributed by atoms with Crippen molar-refractivity contribution in [1.29, 1.82) is 0 Å². The second-order valence-corrected chi connectivity index (χ2v) is 6.60. The third-order valence-electron chi connectivity index (χ3n) is 4.38. The Hall–Kier alpha value is -2.38. The summed E-state index contributed by atoms with van der Waals surface area (Å²) in [4.78, 5) is 20.7. The van der Waals surface area contributed by atoms with Crippen LogP contribution in [0, 0.1) is 18.6 Å². The van der Waals surface area contributed by atoms with Crippen molar-refractivity contribution in [2.75, 3.05) is 38.0 Å². The number of aromatic nitrogens is 1. The summed E-state index contributed by atoms with van der Waals surface area (Å²) in [5, 5.41) is 2.50. The molecule has 26 heavy (non-hydrogen) atoms. The van der Waals surface area contributed by atoms with E-state index in [1.807, 2.05) is 24.2 Å². The molecule has 0 saturated carbocycles. The summed E-state index contributed by atoms with van der Waals surface area (Å²) in [5.74, 6) is -1.73. The van der Waals surface area contributed by atoms with Crippen LogP contribution in [0.25, 0.3) is 0 Å². The number of amides is 1. The summed E-state index contributed by atoms with van der Waals surface area (Å²) < 4.78 is 26.5. The van der Waals surface area contributed by atoms with Crippen molar-refractivity contribution in [3.63, 3.8) is 0 Å². The van der Waals surface area contributed by atoms with E-state index in [-0.39, 0.29) is 18.1 Å². The third-order valence-corrected chi connectivity index (χ3v) is 4.38. The number of hydrogen-bond donors (Lipinski definition) is 1. The van der Waals surface area contributed by atoms with Gasteiger partial charge in [-0.05, 0) is 30.2 Å². The monoisotopic (exact) mass is 360 g/mol. The number of nitrogens with one attached hydrogen (secondary N) is 1. The third kappa shape index (κ3) is 5.06. The number of carbonyl (C=O) groups excluding carboxylic acids is 1. The topological polar surface area (TPSA) is 48.5 Å². The highest BCUT2D eigenvalue weighted by Crippen LogP contribution is 2.15. The standard InChI is InChI=1S/C19H22F2N4O/c1-14-8-15(11-22-10-14)12-24-4-6-25(7-5-24)13-19(26)23-18-3-2-16(20)9-17(18)21/h2-3,8-11H,4-7,12-13H2,1H3,(H,23,26). The maximum absolute atomic E-state index is 13.6. The van der Waals surface area contributed by atoms with Crippen LogP contribution in [0.4, 0.5) is 14.5 Å². The molecule has 0 atom stereocenters. The molecule has 3 rings (SSSR count). The SMILES string of the molecule is Cc1cncc(CN2CCN(CC(=O)Nc3ccc(F)cc3F)CC2)c1. The van der Waals surface area contributed by atoms with Crippen LogP contribution in [0.5, 0.6) is 0 Å². The number of rotatable bonds is 5. The van der Waals surface area contributed by atoms with E-state index >= 15 is 0 Å². The molecule has 0 spiro atoms. The van der Waals surface area contributed by atoms with Crippen molar-refractivity contribution >= 4 is 11.6 Å². The van der Waals surface area contributed by atoms with Gasteiger partial charge in [-0.3, -0.25) is 19.6 Å². The highest BCUT2D eigenvalue weighted by atomic mass is 19.1. The fraction of sp³-hybridized carbons (Fsp3) is 0.368. The molecule has 1 aliphatic rings. The lowest BCUT2D eigenvalue weighted by atomic mass is 10.2. The molecule has 7 heteroatoms. The van der Waals surface area contributed by atoms with Crippen LogP contribution >= 0.6 is 0 Å². The molecular formula is C19H22F2N4O. The van der Waals surface area contributed by atoms with E-state index in [0.29, 0.717) is 0 Å². The van der Waals surface area contributed by atoms with Crippen molar-refractivity contribution < 1.29 is 13.6 Å². The van der Waals surface area contributed by atoms with Gasteiger partial charge >= 0.3 is 0 Å². The van der Waals surface area contributed by atoms with Crippen molar-refractivity contribution in [1.82, 2.24) is 14.8 Å². The zero-order valence-electron chi connectivity index (χ0n) is 14.7. The van der Waals surface area contributed by atoms with Crippen LogP contribution < -0.4 is 5.32 Å². The van der Waals surface area contributed by atoms with Gasteiger partial charge in [0.1, 0.15) is 11.6 Å². The Morgan fingerprint density at radius 1 is 1.12 bits per heavy atom. The van der Waals surface area contributed by atoms with Crippen LogP contribution in [-0.4, -0.2) is 53.4 Å². The van der Waals surface area contributed by atoms with Gasteiger partial charge < -0.3 is 5.32 Å². The molecule has 0 bridgehead atoms. The van der Waals surface area contributed by atoms with Crippen LogP contribution in [0.15, 0.2) is 36.7 Å². The largest absolute Gasteiger partial charge is 0.322 e. The molecule has 1 aromatic carbocycles. The first-order valence-electron chi connectivity index (χ1n) is 8.60. The lowest BCUT2D eigenvalue weighted by Crippen LogP contribution is -2.48. The van der Waals surface area contributed by atoms with Gasteiger partial charge in [-0.2, -0.15) is 0 Å². The van der Waals surface area contributed by atoms with Gasteiger partial charge in [-0.25, -0.2) is 8.78 Å². The summed E-state index contributed by atoms with van der Waals surface area (Å²) in [6.45, 7) is 6.29. The van der Waals surface area contributed by atoms with E-state index in [2.05, 4.69) is 21.3 Å². The van der Waals surface area contributed by atoms with Gasteiger partial charge in [0.25, 0.3) is 0 Å². The van der Waals surface area contributed by atoms with E-state index in [9.17, 15) is 13.6 Å². The van der Waals surface area contributed by atoms with E-state index in [1.165, 1.54) is 11.6 Å². The molecule has 2 heterocycles. The van der Waals surface area contributed by atoms with Crippen LogP contribution in [0.2, 0.25) is 0 Å². The number of hydrogen-bond acceptors (Lipinski definition) is 4.